The lowest BCUT2D eigenvalue weighted by Gasteiger charge is -2.13. The Balaban J connectivity index is 2.30. The van der Waals surface area contributed by atoms with Gasteiger partial charge >= 0.3 is 0 Å². The number of rotatable bonds is 4. The fourth-order valence-corrected chi connectivity index (χ4v) is 3.04. The number of hydrogen-bond donors (Lipinski definition) is 1. The third kappa shape index (κ3) is 3.92. The van der Waals surface area contributed by atoms with Crippen LogP contribution in [0.15, 0.2) is 39.3 Å². The highest BCUT2D eigenvalue weighted by molar-refractivity contribution is 9.11. The topological polar surface area (TPSA) is 44.5 Å². The van der Waals surface area contributed by atoms with Crippen molar-refractivity contribution in [2.45, 2.75) is 13.0 Å². The predicted octanol–water partition coefficient (Wildman–Crippen LogP) is 5.69. The number of ether oxygens (including phenoxy) is 2. The first kappa shape index (κ1) is 16.6. The highest BCUT2D eigenvalue weighted by atomic mass is 79.9. The molecular weight excluding hydrogens is 421 g/mol. The van der Waals surface area contributed by atoms with Crippen molar-refractivity contribution in [1.82, 2.24) is 0 Å². The van der Waals surface area contributed by atoms with Crippen LogP contribution < -0.4 is 15.2 Å². The number of halogens is 3. The van der Waals surface area contributed by atoms with Crippen LogP contribution in [0, 0.1) is 0 Å². The van der Waals surface area contributed by atoms with Gasteiger partial charge in [-0.1, -0.05) is 17.7 Å². The smallest absolute Gasteiger partial charge is 0.143 e. The maximum atomic E-state index is 6.21. The van der Waals surface area contributed by atoms with E-state index in [9.17, 15) is 0 Å². The Morgan fingerprint density at radius 1 is 1.10 bits per heavy atom. The van der Waals surface area contributed by atoms with Gasteiger partial charge in [0.2, 0.25) is 0 Å². The molecule has 0 aliphatic rings. The van der Waals surface area contributed by atoms with Gasteiger partial charge in [-0.15, -0.1) is 0 Å². The first-order valence-electron chi connectivity index (χ1n) is 6.18. The van der Waals surface area contributed by atoms with Crippen molar-refractivity contribution < 1.29 is 9.47 Å². The van der Waals surface area contributed by atoms with Crippen molar-refractivity contribution >= 4 is 43.5 Å². The molecule has 2 aromatic rings. The van der Waals surface area contributed by atoms with Crippen LogP contribution in [0.5, 0.6) is 17.2 Å². The summed E-state index contributed by atoms with van der Waals surface area (Å²) in [6, 6.07) is 9.01. The maximum absolute atomic E-state index is 6.21. The highest BCUT2D eigenvalue weighted by Crippen LogP contribution is 2.39. The third-order valence-corrected chi connectivity index (χ3v) is 4.46. The van der Waals surface area contributed by atoms with E-state index in [2.05, 4.69) is 31.9 Å². The summed E-state index contributed by atoms with van der Waals surface area (Å²) in [6.07, 6.45) is 0. The van der Waals surface area contributed by atoms with E-state index in [0.717, 1.165) is 20.3 Å². The Labute approximate surface area is 145 Å². The van der Waals surface area contributed by atoms with Crippen molar-refractivity contribution in [3.63, 3.8) is 0 Å². The van der Waals surface area contributed by atoms with Gasteiger partial charge in [-0.2, -0.15) is 0 Å². The second-order valence-corrected chi connectivity index (χ2v) is 6.61. The van der Waals surface area contributed by atoms with E-state index in [1.807, 2.05) is 31.2 Å². The maximum Gasteiger partial charge on any atom is 0.143 e. The molecule has 2 N–H and O–H groups in total. The van der Waals surface area contributed by atoms with Crippen LogP contribution in [0.3, 0.4) is 0 Å². The molecule has 1 atom stereocenters. The summed E-state index contributed by atoms with van der Waals surface area (Å²) in [4.78, 5) is 0. The molecule has 0 aliphatic carbocycles. The highest BCUT2D eigenvalue weighted by Gasteiger charge is 2.11. The lowest BCUT2D eigenvalue weighted by atomic mass is 10.1. The molecule has 0 aromatic heterocycles. The van der Waals surface area contributed by atoms with Crippen molar-refractivity contribution in [3.8, 4) is 17.2 Å². The molecule has 0 fully saturated rings. The number of benzene rings is 2. The molecule has 0 spiro atoms. The minimum absolute atomic E-state index is 0.117. The first-order valence-corrected chi connectivity index (χ1v) is 8.14. The molecule has 0 radical (unpaired) electrons. The molecule has 3 nitrogen and oxygen atoms in total. The summed E-state index contributed by atoms with van der Waals surface area (Å²) in [5.74, 6) is 2.02. The zero-order chi connectivity index (χ0) is 15.6. The average molecular weight is 436 g/mol. The average Bonchev–Trinajstić information content (AvgIpc) is 2.42. The second-order valence-electron chi connectivity index (χ2n) is 4.49. The Bertz CT molecular complexity index is 662. The summed E-state index contributed by atoms with van der Waals surface area (Å²) in [6.45, 7) is 1.89. The van der Waals surface area contributed by atoms with E-state index >= 15 is 0 Å². The van der Waals surface area contributed by atoms with Gasteiger partial charge in [-0.05, 0) is 68.6 Å². The molecule has 6 heteroatoms. The third-order valence-electron chi connectivity index (χ3n) is 2.90. The molecule has 0 saturated heterocycles. The van der Waals surface area contributed by atoms with Crippen LogP contribution in [-0.4, -0.2) is 7.11 Å². The normalized spacial score (nSPS) is 12.1. The van der Waals surface area contributed by atoms with Gasteiger partial charge in [-0.25, -0.2) is 0 Å². The predicted molar refractivity (Wildman–Crippen MR) is 92.5 cm³/mol. The standard InChI is InChI=1S/C15H14Br2ClNO2/c1-8(19)10-4-3-9(5-13(10)18)21-15-7-11(16)14(20-2)6-12(15)17/h3-8H,19H2,1-2H3. The van der Waals surface area contributed by atoms with E-state index in [0.29, 0.717) is 16.5 Å². The lowest BCUT2D eigenvalue weighted by molar-refractivity contribution is 0.409. The van der Waals surface area contributed by atoms with Crippen LogP contribution >= 0.6 is 43.5 Å². The quantitative estimate of drug-likeness (QED) is 0.671. The number of methoxy groups -OCH3 is 1. The van der Waals surface area contributed by atoms with Crippen molar-refractivity contribution in [2.24, 2.45) is 5.73 Å². The molecule has 0 bridgehead atoms. The van der Waals surface area contributed by atoms with Gasteiger partial charge in [0.1, 0.15) is 17.2 Å². The second kappa shape index (κ2) is 7.01. The molecule has 0 amide bonds. The molecule has 0 saturated carbocycles. The van der Waals surface area contributed by atoms with Crippen molar-refractivity contribution in [3.05, 3.63) is 49.9 Å². The molecule has 112 valence electrons. The van der Waals surface area contributed by atoms with Crippen LogP contribution in [-0.2, 0) is 0 Å². The van der Waals surface area contributed by atoms with Gasteiger partial charge in [0.15, 0.2) is 0 Å². The van der Waals surface area contributed by atoms with Crippen LogP contribution in [0.4, 0.5) is 0 Å². The Morgan fingerprint density at radius 3 is 2.29 bits per heavy atom. The Hall–Kier alpha value is -0.750. The van der Waals surface area contributed by atoms with Crippen molar-refractivity contribution in [2.75, 3.05) is 7.11 Å². The number of nitrogens with two attached hydrogens (primary N) is 1. The van der Waals surface area contributed by atoms with Crippen molar-refractivity contribution in [1.29, 1.82) is 0 Å². The van der Waals surface area contributed by atoms with E-state index in [1.54, 1.807) is 13.2 Å². The molecule has 1 unspecified atom stereocenters. The van der Waals surface area contributed by atoms with Gasteiger partial charge in [0.25, 0.3) is 0 Å². The minimum atomic E-state index is -0.117. The summed E-state index contributed by atoms with van der Waals surface area (Å²) in [5.41, 5.74) is 6.73. The minimum Gasteiger partial charge on any atom is -0.496 e. The molecular formula is C15H14Br2ClNO2. The van der Waals surface area contributed by atoms with Crippen LogP contribution in [0.25, 0.3) is 0 Å². The van der Waals surface area contributed by atoms with Crippen LogP contribution in [0.2, 0.25) is 5.02 Å². The van der Waals surface area contributed by atoms with Crippen LogP contribution in [0.1, 0.15) is 18.5 Å². The first-order chi connectivity index (χ1) is 9.92. The summed E-state index contributed by atoms with van der Waals surface area (Å²) in [5, 5.41) is 0.589. The fraction of sp³-hybridized carbons (Fsp3) is 0.200. The molecule has 2 rings (SSSR count). The molecule has 0 heterocycles. The molecule has 2 aromatic carbocycles. The summed E-state index contributed by atoms with van der Waals surface area (Å²) in [7, 11) is 1.61. The monoisotopic (exact) mass is 433 g/mol. The fourth-order valence-electron chi connectivity index (χ4n) is 1.81. The molecule has 0 aliphatic heterocycles. The van der Waals surface area contributed by atoms with Gasteiger partial charge < -0.3 is 15.2 Å². The summed E-state index contributed by atoms with van der Waals surface area (Å²) < 4.78 is 12.7. The van der Waals surface area contributed by atoms with Gasteiger partial charge in [-0.3, -0.25) is 0 Å². The Morgan fingerprint density at radius 2 is 1.71 bits per heavy atom. The van der Waals surface area contributed by atoms with E-state index in [4.69, 9.17) is 26.8 Å². The molecule has 21 heavy (non-hydrogen) atoms. The summed E-state index contributed by atoms with van der Waals surface area (Å²) >= 11 is 13.1. The van der Waals surface area contributed by atoms with E-state index < -0.39 is 0 Å². The zero-order valence-corrected chi connectivity index (χ0v) is 15.4. The van der Waals surface area contributed by atoms with Gasteiger partial charge in [0.05, 0.1) is 16.1 Å². The SMILES string of the molecule is COc1cc(Br)c(Oc2ccc(C(C)N)c(Cl)c2)cc1Br. The zero-order valence-electron chi connectivity index (χ0n) is 11.5. The van der Waals surface area contributed by atoms with E-state index in [-0.39, 0.29) is 6.04 Å². The Kier molecular flexibility index (Phi) is 5.54. The lowest BCUT2D eigenvalue weighted by Crippen LogP contribution is -2.05. The van der Waals surface area contributed by atoms with Gasteiger partial charge in [0, 0.05) is 11.1 Å². The van der Waals surface area contributed by atoms with E-state index in [1.165, 1.54) is 0 Å². The number of hydrogen-bond acceptors (Lipinski definition) is 3. The largest absolute Gasteiger partial charge is 0.496 e.